The number of rotatable bonds is 5. The van der Waals surface area contributed by atoms with Gasteiger partial charge in [0.2, 0.25) is 0 Å². The second-order valence-corrected chi connectivity index (χ2v) is 5.22. The second-order valence-electron chi connectivity index (χ2n) is 4.18. The topological polar surface area (TPSA) is 42.7 Å². The highest BCUT2D eigenvalue weighted by Crippen LogP contribution is 2.18. The van der Waals surface area contributed by atoms with Crippen LogP contribution in [0.4, 0.5) is 18.0 Å². The van der Waals surface area contributed by atoms with Crippen molar-refractivity contribution in [3.8, 4) is 0 Å². The number of hydrogen-bond acceptors (Lipinski definition) is 4. The summed E-state index contributed by atoms with van der Waals surface area (Å²) in [6, 6.07) is 6.86. The first-order valence-electron chi connectivity index (χ1n) is 5.97. The number of amides is 1. The Labute approximate surface area is 122 Å². The quantitative estimate of drug-likeness (QED) is 0.835. The van der Waals surface area contributed by atoms with Crippen LogP contribution < -0.4 is 0 Å². The molecule has 0 atom stereocenters. The lowest BCUT2D eigenvalue weighted by Gasteiger charge is -2.21. The summed E-state index contributed by atoms with van der Waals surface area (Å²) in [5, 5.41) is 1.82. The Bertz CT molecular complexity index is 515. The highest BCUT2D eigenvalue weighted by molar-refractivity contribution is 7.09. The van der Waals surface area contributed by atoms with Gasteiger partial charge in [-0.1, -0.05) is 6.07 Å². The zero-order chi connectivity index (χ0) is 15.3. The van der Waals surface area contributed by atoms with Gasteiger partial charge in [-0.05, 0) is 23.6 Å². The molecule has 8 heteroatoms. The molecule has 0 aromatic carbocycles. The van der Waals surface area contributed by atoms with E-state index in [-0.39, 0.29) is 13.1 Å². The molecule has 0 N–H and O–H groups in total. The molecule has 2 rings (SSSR count). The summed E-state index contributed by atoms with van der Waals surface area (Å²) in [4.78, 5) is 13.8. The first kappa shape index (κ1) is 15.4. The van der Waals surface area contributed by atoms with E-state index in [0.717, 1.165) is 9.78 Å². The van der Waals surface area contributed by atoms with Crippen LogP contribution >= 0.6 is 11.3 Å². The summed E-state index contributed by atoms with van der Waals surface area (Å²) in [5.41, 5.74) is 0. The Morgan fingerprint density at radius 3 is 2.67 bits per heavy atom. The molecule has 21 heavy (non-hydrogen) atoms. The number of halogens is 3. The van der Waals surface area contributed by atoms with Crippen molar-refractivity contribution in [2.24, 2.45) is 0 Å². The van der Waals surface area contributed by atoms with E-state index in [9.17, 15) is 18.0 Å². The molecule has 0 aliphatic rings. The van der Waals surface area contributed by atoms with Gasteiger partial charge in [-0.25, -0.2) is 4.79 Å². The Kier molecular flexibility index (Phi) is 4.89. The summed E-state index contributed by atoms with van der Waals surface area (Å²) in [6.45, 7) is -1.40. The molecular weight excluding hydrogens is 307 g/mol. The van der Waals surface area contributed by atoms with E-state index in [0.29, 0.717) is 5.76 Å². The maximum absolute atomic E-state index is 12.1. The van der Waals surface area contributed by atoms with Crippen molar-refractivity contribution in [3.05, 3.63) is 46.5 Å². The molecule has 0 saturated carbocycles. The maximum Gasteiger partial charge on any atom is 0.422 e. The first-order chi connectivity index (χ1) is 9.94. The number of carbonyl (C=O) groups excluding carboxylic acids is 1. The lowest BCUT2D eigenvalue weighted by Crippen LogP contribution is -2.33. The molecule has 2 aromatic heterocycles. The monoisotopic (exact) mass is 319 g/mol. The average molecular weight is 319 g/mol. The molecule has 1 amide bonds. The van der Waals surface area contributed by atoms with Crippen molar-refractivity contribution in [3.63, 3.8) is 0 Å². The minimum atomic E-state index is -4.55. The zero-order valence-electron chi connectivity index (χ0n) is 10.8. The molecule has 114 valence electrons. The highest BCUT2D eigenvalue weighted by Gasteiger charge is 2.31. The number of furan rings is 1. The van der Waals surface area contributed by atoms with Crippen LogP contribution in [0.2, 0.25) is 0 Å². The van der Waals surface area contributed by atoms with Crippen LogP contribution in [0.3, 0.4) is 0 Å². The van der Waals surface area contributed by atoms with Crippen molar-refractivity contribution >= 4 is 17.4 Å². The normalized spacial score (nSPS) is 11.4. The number of alkyl halides is 3. The molecule has 2 heterocycles. The van der Waals surface area contributed by atoms with Crippen LogP contribution in [-0.4, -0.2) is 23.8 Å². The van der Waals surface area contributed by atoms with Gasteiger partial charge in [0, 0.05) is 4.88 Å². The van der Waals surface area contributed by atoms with Gasteiger partial charge in [-0.3, -0.25) is 4.90 Å². The summed E-state index contributed by atoms with van der Waals surface area (Å²) in [7, 11) is 0. The van der Waals surface area contributed by atoms with Gasteiger partial charge < -0.3 is 9.15 Å². The first-order valence-corrected chi connectivity index (χ1v) is 6.85. The van der Waals surface area contributed by atoms with Crippen LogP contribution in [0.15, 0.2) is 40.3 Å². The van der Waals surface area contributed by atoms with Gasteiger partial charge in [0.05, 0.1) is 19.4 Å². The third-order valence-corrected chi connectivity index (χ3v) is 3.33. The molecule has 2 aromatic rings. The predicted molar refractivity (Wildman–Crippen MR) is 69.7 cm³/mol. The summed E-state index contributed by atoms with van der Waals surface area (Å²) in [5.74, 6) is 0.468. The lowest BCUT2D eigenvalue weighted by atomic mass is 10.3. The van der Waals surface area contributed by atoms with Crippen molar-refractivity contribution < 1.29 is 27.1 Å². The zero-order valence-corrected chi connectivity index (χ0v) is 11.6. The van der Waals surface area contributed by atoms with Gasteiger partial charge in [0.1, 0.15) is 5.76 Å². The summed E-state index contributed by atoms with van der Waals surface area (Å²) >= 11 is 1.40. The van der Waals surface area contributed by atoms with Crippen LogP contribution in [-0.2, 0) is 17.8 Å². The molecular formula is C13H12F3NO3S. The summed E-state index contributed by atoms with van der Waals surface area (Å²) in [6.07, 6.45) is -4.15. The minimum Gasteiger partial charge on any atom is -0.467 e. The van der Waals surface area contributed by atoms with Crippen LogP contribution in [0.5, 0.6) is 0 Å². The number of nitrogens with zero attached hydrogens (tertiary/aromatic N) is 1. The fourth-order valence-electron chi connectivity index (χ4n) is 1.60. The number of carbonyl (C=O) groups is 1. The molecule has 0 aliphatic carbocycles. The van der Waals surface area contributed by atoms with Crippen molar-refractivity contribution in [2.75, 3.05) is 6.61 Å². The van der Waals surface area contributed by atoms with E-state index in [1.54, 1.807) is 24.3 Å². The fraction of sp³-hybridized carbons (Fsp3) is 0.308. The van der Waals surface area contributed by atoms with Gasteiger partial charge in [-0.15, -0.1) is 11.3 Å². The fourth-order valence-corrected chi connectivity index (χ4v) is 2.32. The smallest absolute Gasteiger partial charge is 0.422 e. The van der Waals surface area contributed by atoms with E-state index in [1.165, 1.54) is 17.6 Å². The van der Waals surface area contributed by atoms with E-state index in [2.05, 4.69) is 4.74 Å². The van der Waals surface area contributed by atoms with E-state index in [4.69, 9.17) is 4.42 Å². The van der Waals surface area contributed by atoms with Crippen molar-refractivity contribution in [1.82, 2.24) is 4.90 Å². The lowest BCUT2D eigenvalue weighted by molar-refractivity contribution is -0.162. The molecule has 0 aliphatic heterocycles. The standard InChI is InChI=1S/C13H12F3NO3S/c14-13(15,16)9-20-12(18)17(7-10-3-1-5-19-10)8-11-4-2-6-21-11/h1-6H,7-9H2. The predicted octanol–water partition coefficient (Wildman–Crippen LogP) is 4.04. The summed E-state index contributed by atoms with van der Waals surface area (Å²) < 4.78 is 45.8. The maximum atomic E-state index is 12.1. The second kappa shape index (κ2) is 6.66. The van der Waals surface area contributed by atoms with Gasteiger partial charge in [0.25, 0.3) is 0 Å². The van der Waals surface area contributed by atoms with E-state index in [1.807, 2.05) is 5.38 Å². The molecule has 0 unspecified atom stereocenters. The third kappa shape index (κ3) is 5.14. The average Bonchev–Trinajstić information content (AvgIpc) is 3.07. The largest absolute Gasteiger partial charge is 0.467 e. The third-order valence-electron chi connectivity index (χ3n) is 2.47. The Morgan fingerprint density at radius 1 is 1.29 bits per heavy atom. The van der Waals surface area contributed by atoms with Crippen LogP contribution in [0.1, 0.15) is 10.6 Å². The molecule has 0 fully saturated rings. The Balaban J connectivity index is 2.01. The molecule has 0 bridgehead atoms. The van der Waals surface area contributed by atoms with E-state index >= 15 is 0 Å². The van der Waals surface area contributed by atoms with Crippen molar-refractivity contribution in [1.29, 1.82) is 0 Å². The van der Waals surface area contributed by atoms with Crippen LogP contribution in [0, 0.1) is 0 Å². The van der Waals surface area contributed by atoms with Gasteiger partial charge in [-0.2, -0.15) is 13.2 Å². The number of hydrogen-bond donors (Lipinski definition) is 0. The van der Waals surface area contributed by atoms with Gasteiger partial charge in [0.15, 0.2) is 6.61 Å². The molecule has 0 spiro atoms. The molecule has 4 nitrogen and oxygen atoms in total. The van der Waals surface area contributed by atoms with E-state index < -0.39 is 18.9 Å². The SMILES string of the molecule is O=C(OCC(F)(F)F)N(Cc1ccco1)Cc1cccs1. The van der Waals surface area contributed by atoms with Gasteiger partial charge >= 0.3 is 12.3 Å². The number of thiophene rings is 1. The van der Waals surface area contributed by atoms with Crippen LogP contribution in [0.25, 0.3) is 0 Å². The number of ether oxygens (including phenoxy) is 1. The molecule has 0 radical (unpaired) electrons. The minimum absolute atomic E-state index is 0.0432. The Morgan fingerprint density at radius 2 is 2.10 bits per heavy atom. The Hall–Kier alpha value is -1.96. The molecule has 0 saturated heterocycles. The van der Waals surface area contributed by atoms with Crippen molar-refractivity contribution in [2.45, 2.75) is 19.3 Å². The highest BCUT2D eigenvalue weighted by atomic mass is 32.1.